The Labute approximate surface area is 133 Å². The number of benzene rings is 1. The molecule has 1 atom stereocenters. The number of carbonyl (C=O) groups is 2. The summed E-state index contributed by atoms with van der Waals surface area (Å²) >= 11 is 1.39. The van der Waals surface area contributed by atoms with Gasteiger partial charge in [-0.3, -0.25) is 9.59 Å². The third-order valence-corrected chi connectivity index (χ3v) is 4.76. The lowest BCUT2D eigenvalue weighted by Crippen LogP contribution is -2.46. The lowest BCUT2D eigenvalue weighted by molar-refractivity contribution is 0.0705. The SMILES string of the molecule is NC1CCCN(C(=O)c2ccccc2C(=O)c2cccs2)C1. The number of nitrogens with zero attached hydrogens (tertiary/aromatic N) is 1. The zero-order valence-corrected chi connectivity index (χ0v) is 13.0. The Balaban J connectivity index is 1.91. The summed E-state index contributed by atoms with van der Waals surface area (Å²) < 4.78 is 0. The number of piperidine rings is 1. The summed E-state index contributed by atoms with van der Waals surface area (Å²) in [6, 6.07) is 10.7. The van der Waals surface area contributed by atoms with Gasteiger partial charge >= 0.3 is 0 Å². The summed E-state index contributed by atoms with van der Waals surface area (Å²) in [4.78, 5) is 27.8. The number of likely N-dealkylation sites (tertiary alicyclic amines) is 1. The molecular formula is C17H18N2O2S. The number of thiophene rings is 1. The molecule has 1 amide bonds. The Bertz CT molecular complexity index is 682. The van der Waals surface area contributed by atoms with E-state index in [1.54, 1.807) is 35.2 Å². The predicted octanol–water partition coefficient (Wildman–Crippen LogP) is 2.54. The van der Waals surface area contributed by atoms with Crippen LogP contribution in [0.4, 0.5) is 0 Å². The number of hydrogen-bond acceptors (Lipinski definition) is 4. The van der Waals surface area contributed by atoms with Crippen LogP contribution in [-0.4, -0.2) is 35.7 Å². The van der Waals surface area contributed by atoms with Gasteiger partial charge in [0.2, 0.25) is 5.78 Å². The minimum atomic E-state index is -0.101. The molecular weight excluding hydrogens is 296 g/mol. The van der Waals surface area contributed by atoms with Crippen molar-refractivity contribution in [3.05, 3.63) is 57.8 Å². The summed E-state index contributed by atoms with van der Waals surface area (Å²) in [6.07, 6.45) is 1.85. The normalized spacial score (nSPS) is 18.2. The molecule has 1 aliphatic heterocycles. The van der Waals surface area contributed by atoms with Gasteiger partial charge in [-0.25, -0.2) is 0 Å². The molecule has 4 nitrogen and oxygen atoms in total. The van der Waals surface area contributed by atoms with Gasteiger partial charge in [-0.05, 0) is 30.4 Å². The monoisotopic (exact) mass is 314 g/mol. The molecule has 1 fully saturated rings. The fraction of sp³-hybridized carbons (Fsp3) is 0.294. The number of hydrogen-bond donors (Lipinski definition) is 1. The van der Waals surface area contributed by atoms with Crippen molar-refractivity contribution in [2.24, 2.45) is 5.73 Å². The van der Waals surface area contributed by atoms with Gasteiger partial charge in [0.15, 0.2) is 0 Å². The molecule has 1 aromatic heterocycles. The highest BCUT2D eigenvalue weighted by Gasteiger charge is 2.26. The van der Waals surface area contributed by atoms with E-state index in [-0.39, 0.29) is 17.7 Å². The average Bonchev–Trinajstić information content (AvgIpc) is 3.08. The van der Waals surface area contributed by atoms with Crippen molar-refractivity contribution in [2.75, 3.05) is 13.1 Å². The second kappa shape index (κ2) is 6.42. The van der Waals surface area contributed by atoms with Crippen LogP contribution in [0.15, 0.2) is 41.8 Å². The maximum Gasteiger partial charge on any atom is 0.254 e. The van der Waals surface area contributed by atoms with Gasteiger partial charge in [-0.2, -0.15) is 0 Å². The van der Waals surface area contributed by atoms with Crippen LogP contribution in [-0.2, 0) is 0 Å². The lowest BCUT2D eigenvalue weighted by atomic mass is 9.99. The van der Waals surface area contributed by atoms with E-state index < -0.39 is 0 Å². The van der Waals surface area contributed by atoms with E-state index in [1.807, 2.05) is 11.4 Å². The van der Waals surface area contributed by atoms with Crippen molar-refractivity contribution in [1.82, 2.24) is 4.90 Å². The first-order valence-corrected chi connectivity index (χ1v) is 8.27. The van der Waals surface area contributed by atoms with Crippen LogP contribution < -0.4 is 5.73 Å². The summed E-state index contributed by atoms with van der Waals surface area (Å²) in [5.41, 5.74) is 6.89. The molecule has 2 N–H and O–H groups in total. The third kappa shape index (κ3) is 2.96. The molecule has 1 aromatic carbocycles. The molecule has 2 heterocycles. The van der Waals surface area contributed by atoms with E-state index in [2.05, 4.69) is 0 Å². The molecule has 0 radical (unpaired) electrons. The Morgan fingerprint density at radius 2 is 1.91 bits per heavy atom. The lowest BCUT2D eigenvalue weighted by Gasteiger charge is -2.31. The van der Waals surface area contributed by atoms with E-state index >= 15 is 0 Å². The minimum absolute atomic E-state index is 0.0258. The maximum atomic E-state index is 12.8. The largest absolute Gasteiger partial charge is 0.337 e. The first-order valence-electron chi connectivity index (χ1n) is 7.39. The van der Waals surface area contributed by atoms with Crippen molar-refractivity contribution in [3.63, 3.8) is 0 Å². The first-order chi connectivity index (χ1) is 10.7. The standard InChI is InChI=1S/C17H18N2O2S/c18-12-5-3-9-19(11-12)17(21)14-7-2-1-6-13(14)16(20)15-8-4-10-22-15/h1-2,4,6-8,10,12H,3,5,9,11,18H2. The summed E-state index contributed by atoms with van der Waals surface area (Å²) in [5, 5.41) is 1.86. The highest BCUT2D eigenvalue weighted by atomic mass is 32.1. The Kier molecular flexibility index (Phi) is 4.36. The topological polar surface area (TPSA) is 63.4 Å². The van der Waals surface area contributed by atoms with Crippen LogP contribution in [0.1, 0.15) is 38.4 Å². The van der Waals surface area contributed by atoms with Crippen LogP contribution in [0, 0.1) is 0 Å². The van der Waals surface area contributed by atoms with Crippen molar-refractivity contribution >= 4 is 23.0 Å². The third-order valence-electron chi connectivity index (χ3n) is 3.89. The second-order valence-electron chi connectivity index (χ2n) is 5.51. The zero-order valence-electron chi connectivity index (χ0n) is 12.2. The van der Waals surface area contributed by atoms with E-state index in [4.69, 9.17) is 5.73 Å². The molecule has 1 aliphatic rings. The Morgan fingerprint density at radius 1 is 1.14 bits per heavy atom. The fourth-order valence-corrected chi connectivity index (χ4v) is 3.45. The fourth-order valence-electron chi connectivity index (χ4n) is 2.77. The number of amides is 1. The molecule has 5 heteroatoms. The number of ketones is 1. The van der Waals surface area contributed by atoms with Gasteiger partial charge in [-0.15, -0.1) is 11.3 Å². The highest BCUT2D eigenvalue weighted by molar-refractivity contribution is 7.12. The molecule has 3 rings (SSSR count). The van der Waals surface area contributed by atoms with Gasteiger partial charge in [0.05, 0.1) is 10.4 Å². The molecule has 1 saturated heterocycles. The zero-order chi connectivity index (χ0) is 15.5. The van der Waals surface area contributed by atoms with Gasteiger partial charge in [0, 0.05) is 24.7 Å². The van der Waals surface area contributed by atoms with Crippen molar-refractivity contribution < 1.29 is 9.59 Å². The van der Waals surface area contributed by atoms with Crippen LogP contribution in [0.2, 0.25) is 0 Å². The van der Waals surface area contributed by atoms with Gasteiger partial charge in [0.1, 0.15) is 0 Å². The van der Waals surface area contributed by atoms with Crippen LogP contribution >= 0.6 is 11.3 Å². The van der Waals surface area contributed by atoms with Crippen LogP contribution in [0.3, 0.4) is 0 Å². The van der Waals surface area contributed by atoms with Crippen molar-refractivity contribution in [3.8, 4) is 0 Å². The van der Waals surface area contributed by atoms with E-state index in [0.717, 1.165) is 12.8 Å². The predicted molar refractivity (Wildman–Crippen MR) is 87.3 cm³/mol. The first kappa shape index (κ1) is 14.9. The summed E-state index contributed by atoms with van der Waals surface area (Å²) in [6.45, 7) is 1.26. The molecule has 0 spiro atoms. The van der Waals surface area contributed by atoms with Crippen LogP contribution in [0.5, 0.6) is 0 Å². The second-order valence-corrected chi connectivity index (χ2v) is 6.45. The molecule has 114 valence electrons. The quantitative estimate of drug-likeness (QED) is 0.886. The maximum absolute atomic E-state index is 12.8. The van der Waals surface area contributed by atoms with E-state index in [0.29, 0.717) is 29.1 Å². The molecule has 0 aliphatic carbocycles. The number of carbonyl (C=O) groups excluding carboxylic acids is 2. The molecule has 1 unspecified atom stereocenters. The minimum Gasteiger partial charge on any atom is -0.337 e. The number of rotatable bonds is 3. The van der Waals surface area contributed by atoms with Crippen molar-refractivity contribution in [1.29, 1.82) is 0 Å². The smallest absolute Gasteiger partial charge is 0.254 e. The van der Waals surface area contributed by atoms with Gasteiger partial charge in [-0.1, -0.05) is 24.3 Å². The van der Waals surface area contributed by atoms with Gasteiger partial charge < -0.3 is 10.6 Å². The number of nitrogens with two attached hydrogens (primary N) is 1. The molecule has 2 aromatic rings. The summed E-state index contributed by atoms with van der Waals surface area (Å²) in [5.74, 6) is -0.198. The molecule has 22 heavy (non-hydrogen) atoms. The van der Waals surface area contributed by atoms with Crippen LogP contribution in [0.25, 0.3) is 0 Å². The van der Waals surface area contributed by atoms with Gasteiger partial charge in [0.25, 0.3) is 5.91 Å². The van der Waals surface area contributed by atoms with E-state index in [9.17, 15) is 9.59 Å². The summed E-state index contributed by atoms with van der Waals surface area (Å²) in [7, 11) is 0. The molecule has 0 saturated carbocycles. The van der Waals surface area contributed by atoms with E-state index in [1.165, 1.54) is 11.3 Å². The Morgan fingerprint density at radius 3 is 2.59 bits per heavy atom. The van der Waals surface area contributed by atoms with Crippen molar-refractivity contribution in [2.45, 2.75) is 18.9 Å². The Hall–Kier alpha value is -1.98. The average molecular weight is 314 g/mol. The molecule has 0 bridgehead atoms. The highest BCUT2D eigenvalue weighted by Crippen LogP contribution is 2.21.